The van der Waals surface area contributed by atoms with Crippen LogP contribution in [0.1, 0.15) is 38.2 Å². The van der Waals surface area contributed by atoms with Crippen LogP contribution in [0.3, 0.4) is 0 Å². The monoisotopic (exact) mass is 233 g/mol. The van der Waals surface area contributed by atoms with E-state index in [2.05, 4.69) is 36.5 Å². The molecule has 2 nitrogen and oxygen atoms in total. The third-order valence-electron chi connectivity index (χ3n) is 3.12. The van der Waals surface area contributed by atoms with Crippen LogP contribution in [0, 0.1) is 0 Å². The van der Waals surface area contributed by atoms with Gasteiger partial charge in [0.1, 0.15) is 12.4 Å². The summed E-state index contributed by atoms with van der Waals surface area (Å²) in [7, 11) is 0. The van der Waals surface area contributed by atoms with Gasteiger partial charge >= 0.3 is 0 Å². The lowest BCUT2D eigenvalue weighted by atomic mass is 10.1. The lowest BCUT2D eigenvalue weighted by Crippen LogP contribution is -2.22. The van der Waals surface area contributed by atoms with E-state index in [1.165, 1.54) is 37.7 Å². The van der Waals surface area contributed by atoms with Gasteiger partial charge in [0.2, 0.25) is 0 Å². The number of rotatable bonds is 8. The highest BCUT2D eigenvalue weighted by molar-refractivity contribution is 5.27. The molecule has 0 bridgehead atoms. The summed E-state index contributed by atoms with van der Waals surface area (Å²) < 4.78 is 5.68. The van der Waals surface area contributed by atoms with Crippen LogP contribution in [0.15, 0.2) is 24.3 Å². The van der Waals surface area contributed by atoms with Crippen molar-refractivity contribution in [1.29, 1.82) is 0 Å². The molecule has 1 aliphatic carbocycles. The largest absolute Gasteiger partial charge is 0.492 e. The Bertz CT molecular complexity index is 316. The van der Waals surface area contributed by atoms with E-state index in [0.29, 0.717) is 0 Å². The van der Waals surface area contributed by atoms with E-state index in [9.17, 15) is 0 Å². The molecule has 0 aliphatic heterocycles. The lowest BCUT2D eigenvalue weighted by molar-refractivity contribution is 0.313. The van der Waals surface area contributed by atoms with E-state index in [1.807, 2.05) is 0 Å². The van der Waals surface area contributed by atoms with E-state index in [4.69, 9.17) is 4.74 Å². The summed E-state index contributed by atoms with van der Waals surface area (Å²) in [6, 6.07) is 9.30. The van der Waals surface area contributed by atoms with Gasteiger partial charge in [0.15, 0.2) is 0 Å². The van der Waals surface area contributed by atoms with Gasteiger partial charge in [-0.2, -0.15) is 0 Å². The standard InChI is InChI=1S/C15H23NO/c1-2-3-4-13-5-9-15(10-6-13)17-12-11-16-14-7-8-14/h5-6,9-10,14,16H,2-4,7-8,11-12H2,1H3. The summed E-state index contributed by atoms with van der Waals surface area (Å²) in [4.78, 5) is 0. The number of ether oxygens (including phenoxy) is 1. The number of hydrogen-bond donors (Lipinski definition) is 1. The van der Waals surface area contributed by atoms with Crippen LogP contribution in [0.5, 0.6) is 5.75 Å². The van der Waals surface area contributed by atoms with Gasteiger partial charge in [-0.3, -0.25) is 0 Å². The second kappa shape index (κ2) is 6.65. The molecule has 0 aromatic heterocycles. The van der Waals surface area contributed by atoms with E-state index < -0.39 is 0 Å². The molecule has 0 unspecified atom stereocenters. The minimum Gasteiger partial charge on any atom is -0.492 e. The normalized spacial score (nSPS) is 14.9. The van der Waals surface area contributed by atoms with Crippen molar-refractivity contribution in [2.75, 3.05) is 13.2 Å². The second-order valence-electron chi connectivity index (χ2n) is 4.82. The van der Waals surface area contributed by atoms with Gasteiger partial charge in [0.05, 0.1) is 0 Å². The number of aryl methyl sites for hydroxylation is 1. The number of benzene rings is 1. The Hall–Kier alpha value is -1.02. The van der Waals surface area contributed by atoms with Crippen molar-refractivity contribution in [3.05, 3.63) is 29.8 Å². The molecule has 1 aliphatic rings. The summed E-state index contributed by atoms with van der Waals surface area (Å²) in [6.45, 7) is 3.96. The Kier molecular flexibility index (Phi) is 4.87. The topological polar surface area (TPSA) is 21.3 Å². The Balaban J connectivity index is 1.65. The summed E-state index contributed by atoms with van der Waals surface area (Å²) in [5, 5.41) is 3.44. The molecular weight excluding hydrogens is 210 g/mol. The van der Waals surface area contributed by atoms with Gasteiger partial charge in [0, 0.05) is 12.6 Å². The fraction of sp³-hybridized carbons (Fsp3) is 0.600. The molecule has 0 saturated heterocycles. The number of nitrogens with one attached hydrogen (secondary N) is 1. The third kappa shape index (κ3) is 4.78. The molecule has 94 valence electrons. The molecule has 2 heteroatoms. The maximum Gasteiger partial charge on any atom is 0.119 e. The molecule has 1 aromatic rings. The average molecular weight is 233 g/mol. The van der Waals surface area contributed by atoms with Crippen LogP contribution in [-0.4, -0.2) is 19.2 Å². The van der Waals surface area contributed by atoms with Crippen molar-refractivity contribution in [2.45, 2.75) is 45.1 Å². The minimum absolute atomic E-state index is 0.769. The van der Waals surface area contributed by atoms with Gasteiger partial charge in [-0.25, -0.2) is 0 Å². The zero-order valence-electron chi connectivity index (χ0n) is 10.7. The predicted octanol–water partition coefficient (Wildman–Crippen LogP) is 3.16. The van der Waals surface area contributed by atoms with Crippen molar-refractivity contribution >= 4 is 0 Å². The third-order valence-corrected chi connectivity index (χ3v) is 3.12. The van der Waals surface area contributed by atoms with Crippen LogP contribution in [0.2, 0.25) is 0 Å². The first-order chi connectivity index (χ1) is 8.38. The Morgan fingerprint density at radius 2 is 2.00 bits per heavy atom. The molecule has 0 heterocycles. The second-order valence-corrected chi connectivity index (χ2v) is 4.82. The lowest BCUT2D eigenvalue weighted by Gasteiger charge is -2.07. The smallest absolute Gasteiger partial charge is 0.119 e. The zero-order chi connectivity index (χ0) is 11.9. The average Bonchev–Trinajstić information content (AvgIpc) is 3.18. The molecule has 1 aromatic carbocycles. The van der Waals surface area contributed by atoms with Gasteiger partial charge in [-0.1, -0.05) is 25.5 Å². The quantitative estimate of drug-likeness (QED) is 0.696. The van der Waals surface area contributed by atoms with Crippen molar-refractivity contribution in [2.24, 2.45) is 0 Å². The molecule has 0 radical (unpaired) electrons. The Morgan fingerprint density at radius 1 is 1.24 bits per heavy atom. The molecule has 0 atom stereocenters. The first kappa shape index (κ1) is 12.4. The fourth-order valence-electron chi connectivity index (χ4n) is 1.85. The maximum absolute atomic E-state index is 5.68. The van der Waals surface area contributed by atoms with Gasteiger partial charge in [0.25, 0.3) is 0 Å². The van der Waals surface area contributed by atoms with E-state index in [-0.39, 0.29) is 0 Å². The van der Waals surface area contributed by atoms with E-state index in [1.54, 1.807) is 0 Å². The van der Waals surface area contributed by atoms with Crippen LogP contribution in [0.25, 0.3) is 0 Å². The van der Waals surface area contributed by atoms with Crippen LogP contribution in [-0.2, 0) is 6.42 Å². The number of hydrogen-bond acceptors (Lipinski definition) is 2. The van der Waals surface area contributed by atoms with Crippen molar-refractivity contribution in [3.8, 4) is 5.75 Å². The molecule has 1 fully saturated rings. The van der Waals surface area contributed by atoms with Gasteiger partial charge < -0.3 is 10.1 Å². The maximum atomic E-state index is 5.68. The van der Waals surface area contributed by atoms with E-state index in [0.717, 1.165) is 24.9 Å². The summed E-state index contributed by atoms with van der Waals surface area (Å²) >= 11 is 0. The Labute approximate surface area is 104 Å². The first-order valence-electron chi connectivity index (χ1n) is 6.83. The molecule has 1 N–H and O–H groups in total. The molecule has 17 heavy (non-hydrogen) atoms. The molecule has 2 rings (SSSR count). The number of unbranched alkanes of at least 4 members (excludes halogenated alkanes) is 1. The van der Waals surface area contributed by atoms with Crippen molar-refractivity contribution in [3.63, 3.8) is 0 Å². The first-order valence-corrected chi connectivity index (χ1v) is 6.83. The highest BCUT2D eigenvalue weighted by Gasteiger charge is 2.19. The summed E-state index contributed by atoms with van der Waals surface area (Å²) in [5.41, 5.74) is 1.41. The molecule has 0 spiro atoms. The van der Waals surface area contributed by atoms with Gasteiger partial charge in [-0.05, 0) is 43.4 Å². The van der Waals surface area contributed by atoms with Gasteiger partial charge in [-0.15, -0.1) is 0 Å². The van der Waals surface area contributed by atoms with Crippen molar-refractivity contribution < 1.29 is 4.74 Å². The van der Waals surface area contributed by atoms with E-state index >= 15 is 0 Å². The molecular formula is C15H23NO. The SMILES string of the molecule is CCCCc1ccc(OCCNC2CC2)cc1. The highest BCUT2D eigenvalue weighted by atomic mass is 16.5. The molecule has 0 amide bonds. The van der Waals surface area contributed by atoms with Crippen LogP contribution < -0.4 is 10.1 Å². The summed E-state index contributed by atoms with van der Waals surface area (Å²) in [6.07, 6.45) is 6.38. The summed E-state index contributed by atoms with van der Waals surface area (Å²) in [5.74, 6) is 0.989. The molecule has 1 saturated carbocycles. The fourth-order valence-corrected chi connectivity index (χ4v) is 1.85. The Morgan fingerprint density at radius 3 is 2.65 bits per heavy atom. The van der Waals surface area contributed by atoms with Crippen molar-refractivity contribution in [1.82, 2.24) is 5.32 Å². The zero-order valence-corrected chi connectivity index (χ0v) is 10.7. The minimum atomic E-state index is 0.769. The predicted molar refractivity (Wildman–Crippen MR) is 71.6 cm³/mol. The highest BCUT2D eigenvalue weighted by Crippen LogP contribution is 2.18. The van der Waals surface area contributed by atoms with Crippen LogP contribution >= 0.6 is 0 Å². The van der Waals surface area contributed by atoms with Crippen LogP contribution in [0.4, 0.5) is 0 Å².